The van der Waals surface area contributed by atoms with Gasteiger partial charge in [0, 0.05) is 28.7 Å². The lowest BCUT2D eigenvalue weighted by atomic mass is 10.1. The van der Waals surface area contributed by atoms with Crippen LogP contribution in [0.25, 0.3) is 10.9 Å². The van der Waals surface area contributed by atoms with Crippen LogP contribution < -0.4 is 14.9 Å². The maximum atomic E-state index is 12.6. The molecule has 0 saturated heterocycles. The van der Waals surface area contributed by atoms with Crippen LogP contribution in [0, 0.1) is 6.92 Å². The molecule has 0 bridgehead atoms. The number of benzene rings is 3. The SMILES string of the molecule is Cc1c(/C=N\NC(=O)C2COc3ccccc3O2)c2ccccc2n1Cc1ccccc1. The third-order valence-electron chi connectivity index (χ3n) is 5.63. The van der Waals surface area contributed by atoms with Crippen molar-refractivity contribution < 1.29 is 14.3 Å². The molecule has 0 aliphatic carbocycles. The molecular formula is C26H23N3O3. The number of nitrogens with zero attached hydrogens (tertiary/aromatic N) is 2. The Balaban J connectivity index is 1.35. The minimum absolute atomic E-state index is 0.147. The molecule has 1 aromatic heterocycles. The quantitative estimate of drug-likeness (QED) is 0.383. The number of fused-ring (bicyclic) bond motifs is 2. The Morgan fingerprint density at radius 2 is 1.75 bits per heavy atom. The standard InChI is InChI=1S/C26H23N3O3/c1-18-21(15-27-28-26(30)25-17-31-23-13-7-8-14-24(23)32-25)20-11-5-6-12-22(20)29(18)16-19-9-3-2-4-10-19/h2-15,25H,16-17H2,1H3,(H,28,30)/b27-15-. The second-order valence-electron chi connectivity index (χ2n) is 7.69. The number of ether oxygens (including phenoxy) is 2. The van der Waals surface area contributed by atoms with Crippen LogP contribution in [-0.4, -0.2) is 29.4 Å². The predicted molar refractivity (Wildman–Crippen MR) is 124 cm³/mol. The van der Waals surface area contributed by atoms with E-state index in [1.807, 2.05) is 48.5 Å². The average molecular weight is 425 g/mol. The zero-order chi connectivity index (χ0) is 21.9. The molecule has 5 rings (SSSR count). The fourth-order valence-corrected chi connectivity index (χ4v) is 3.97. The molecule has 1 aliphatic rings. The van der Waals surface area contributed by atoms with E-state index in [0.717, 1.165) is 28.7 Å². The predicted octanol–water partition coefficient (Wildman–Crippen LogP) is 4.29. The minimum Gasteiger partial charge on any atom is -0.485 e. The van der Waals surface area contributed by atoms with Crippen LogP contribution in [0.2, 0.25) is 0 Å². The van der Waals surface area contributed by atoms with E-state index in [4.69, 9.17) is 9.47 Å². The van der Waals surface area contributed by atoms with E-state index in [1.54, 1.807) is 12.3 Å². The lowest BCUT2D eigenvalue weighted by molar-refractivity contribution is -0.130. The molecule has 1 amide bonds. The summed E-state index contributed by atoms with van der Waals surface area (Å²) < 4.78 is 13.6. The average Bonchev–Trinajstić information content (AvgIpc) is 3.10. The zero-order valence-corrected chi connectivity index (χ0v) is 17.7. The molecule has 6 nitrogen and oxygen atoms in total. The van der Waals surface area contributed by atoms with Gasteiger partial charge < -0.3 is 14.0 Å². The minimum atomic E-state index is -0.748. The van der Waals surface area contributed by atoms with Gasteiger partial charge in [-0.25, -0.2) is 5.43 Å². The molecule has 1 atom stereocenters. The second-order valence-corrected chi connectivity index (χ2v) is 7.69. The molecule has 1 N–H and O–H groups in total. The third kappa shape index (κ3) is 3.83. The largest absolute Gasteiger partial charge is 0.485 e. The number of hydrogen-bond acceptors (Lipinski definition) is 4. The molecule has 3 aromatic carbocycles. The van der Waals surface area contributed by atoms with E-state index in [2.05, 4.69) is 46.3 Å². The normalized spacial score (nSPS) is 15.2. The number of para-hydroxylation sites is 3. The number of nitrogens with one attached hydrogen (secondary N) is 1. The topological polar surface area (TPSA) is 64.8 Å². The van der Waals surface area contributed by atoms with Gasteiger partial charge in [0.25, 0.3) is 5.91 Å². The van der Waals surface area contributed by atoms with Crippen molar-refractivity contribution in [2.24, 2.45) is 5.10 Å². The highest BCUT2D eigenvalue weighted by molar-refractivity contribution is 6.01. The fraction of sp³-hybridized carbons (Fsp3) is 0.154. The third-order valence-corrected chi connectivity index (χ3v) is 5.63. The number of aromatic nitrogens is 1. The van der Waals surface area contributed by atoms with Gasteiger partial charge >= 0.3 is 0 Å². The molecule has 32 heavy (non-hydrogen) atoms. The van der Waals surface area contributed by atoms with Crippen LogP contribution in [0.1, 0.15) is 16.8 Å². The number of carbonyl (C=O) groups excluding carboxylic acids is 1. The van der Waals surface area contributed by atoms with Crippen LogP contribution in [0.5, 0.6) is 11.5 Å². The maximum absolute atomic E-state index is 12.6. The van der Waals surface area contributed by atoms with Gasteiger partial charge in [0.05, 0.1) is 6.21 Å². The van der Waals surface area contributed by atoms with E-state index in [-0.39, 0.29) is 12.5 Å². The molecular weight excluding hydrogens is 402 g/mol. The zero-order valence-electron chi connectivity index (χ0n) is 17.7. The Labute approximate surface area is 186 Å². The summed E-state index contributed by atoms with van der Waals surface area (Å²) in [6, 6.07) is 25.9. The molecule has 0 fully saturated rings. The summed E-state index contributed by atoms with van der Waals surface area (Å²) in [7, 11) is 0. The van der Waals surface area contributed by atoms with Crippen LogP contribution in [0.15, 0.2) is 84.0 Å². The van der Waals surface area contributed by atoms with Gasteiger partial charge in [-0.2, -0.15) is 5.10 Å². The van der Waals surface area contributed by atoms with Crippen LogP contribution in [0.3, 0.4) is 0 Å². The first kappa shape index (κ1) is 19.9. The van der Waals surface area contributed by atoms with Crippen molar-refractivity contribution >= 4 is 23.0 Å². The molecule has 1 unspecified atom stereocenters. The van der Waals surface area contributed by atoms with Crippen LogP contribution in [-0.2, 0) is 11.3 Å². The van der Waals surface area contributed by atoms with Crippen molar-refractivity contribution in [1.29, 1.82) is 0 Å². The number of carbonyl (C=O) groups is 1. The summed E-state index contributed by atoms with van der Waals surface area (Å²) in [6.45, 7) is 2.98. The summed E-state index contributed by atoms with van der Waals surface area (Å²) in [5.41, 5.74) is 7.01. The highest BCUT2D eigenvalue weighted by Crippen LogP contribution is 2.31. The lowest BCUT2D eigenvalue weighted by Crippen LogP contribution is -2.42. The Hall–Kier alpha value is -4.06. The van der Waals surface area contributed by atoms with Gasteiger partial charge in [-0.15, -0.1) is 0 Å². The van der Waals surface area contributed by atoms with Crippen molar-refractivity contribution in [3.05, 3.63) is 95.7 Å². The number of hydrazone groups is 1. The highest BCUT2D eigenvalue weighted by Gasteiger charge is 2.27. The van der Waals surface area contributed by atoms with Gasteiger partial charge in [0.15, 0.2) is 11.5 Å². The Bertz CT molecular complexity index is 1290. The van der Waals surface area contributed by atoms with Crippen molar-refractivity contribution in [1.82, 2.24) is 9.99 Å². The number of rotatable bonds is 5. The molecule has 6 heteroatoms. The summed E-state index contributed by atoms with van der Waals surface area (Å²) in [4.78, 5) is 12.6. The van der Waals surface area contributed by atoms with Crippen molar-refractivity contribution in [2.75, 3.05) is 6.61 Å². The second kappa shape index (κ2) is 8.59. The number of amides is 1. The smallest absolute Gasteiger partial charge is 0.284 e. The maximum Gasteiger partial charge on any atom is 0.284 e. The Morgan fingerprint density at radius 1 is 1.03 bits per heavy atom. The van der Waals surface area contributed by atoms with Crippen LogP contribution >= 0.6 is 0 Å². The molecule has 0 saturated carbocycles. The monoisotopic (exact) mass is 425 g/mol. The first-order chi connectivity index (χ1) is 15.7. The summed E-state index contributed by atoms with van der Waals surface area (Å²) in [6.07, 6.45) is 0.955. The van der Waals surface area contributed by atoms with E-state index >= 15 is 0 Å². The Kier molecular flexibility index (Phi) is 5.34. The van der Waals surface area contributed by atoms with Crippen molar-refractivity contribution in [2.45, 2.75) is 19.6 Å². The first-order valence-corrected chi connectivity index (χ1v) is 10.5. The van der Waals surface area contributed by atoms with E-state index in [0.29, 0.717) is 11.5 Å². The van der Waals surface area contributed by atoms with Crippen molar-refractivity contribution in [3.63, 3.8) is 0 Å². The van der Waals surface area contributed by atoms with Gasteiger partial charge in [0.2, 0.25) is 6.10 Å². The van der Waals surface area contributed by atoms with Gasteiger partial charge in [-0.05, 0) is 30.7 Å². The molecule has 4 aromatic rings. The summed E-state index contributed by atoms with van der Waals surface area (Å²) in [5.74, 6) is 0.853. The van der Waals surface area contributed by atoms with Crippen molar-refractivity contribution in [3.8, 4) is 11.5 Å². The summed E-state index contributed by atoms with van der Waals surface area (Å²) >= 11 is 0. The molecule has 1 aliphatic heterocycles. The van der Waals surface area contributed by atoms with Crippen LogP contribution in [0.4, 0.5) is 0 Å². The lowest BCUT2D eigenvalue weighted by Gasteiger charge is -2.24. The molecule has 0 spiro atoms. The van der Waals surface area contributed by atoms with Gasteiger partial charge in [-0.1, -0.05) is 60.7 Å². The van der Waals surface area contributed by atoms with Gasteiger partial charge in [-0.3, -0.25) is 4.79 Å². The molecule has 160 valence electrons. The Morgan fingerprint density at radius 3 is 2.59 bits per heavy atom. The number of hydrogen-bond donors (Lipinski definition) is 1. The van der Waals surface area contributed by atoms with E-state index < -0.39 is 6.10 Å². The van der Waals surface area contributed by atoms with E-state index in [9.17, 15) is 4.79 Å². The van der Waals surface area contributed by atoms with E-state index in [1.165, 1.54) is 5.56 Å². The molecule has 2 heterocycles. The van der Waals surface area contributed by atoms with Gasteiger partial charge in [0.1, 0.15) is 6.61 Å². The first-order valence-electron chi connectivity index (χ1n) is 10.5. The summed E-state index contributed by atoms with van der Waals surface area (Å²) in [5, 5.41) is 5.32. The fourth-order valence-electron chi connectivity index (χ4n) is 3.97. The molecule has 0 radical (unpaired) electrons. The highest BCUT2D eigenvalue weighted by atomic mass is 16.6.